The minimum absolute atomic E-state index is 0.214. The van der Waals surface area contributed by atoms with Gasteiger partial charge >= 0.3 is 0 Å². The highest BCUT2D eigenvalue weighted by Crippen LogP contribution is 2.33. The number of anilines is 1. The summed E-state index contributed by atoms with van der Waals surface area (Å²) in [6.45, 7) is 6.58. The molecule has 0 aliphatic carbocycles. The first-order valence-electron chi connectivity index (χ1n) is 9.22. The quantitative estimate of drug-likeness (QED) is 0.606. The fraction of sp³-hybridized carbons (Fsp3) is 0.421. The van der Waals surface area contributed by atoms with Crippen LogP contribution in [0, 0.1) is 6.92 Å². The van der Waals surface area contributed by atoms with E-state index >= 15 is 0 Å². The minimum atomic E-state index is -0.214. The van der Waals surface area contributed by atoms with Gasteiger partial charge in [-0.05, 0) is 25.5 Å². The molecule has 1 aliphatic rings. The van der Waals surface area contributed by atoms with Crippen LogP contribution in [0.5, 0.6) is 0 Å². The van der Waals surface area contributed by atoms with E-state index in [9.17, 15) is 4.79 Å². The molecule has 3 heterocycles. The molecule has 1 aromatic carbocycles. The van der Waals surface area contributed by atoms with Crippen LogP contribution in [0.1, 0.15) is 22.7 Å². The molecule has 0 atom stereocenters. The summed E-state index contributed by atoms with van der Waals surface area (Å²) in [5.74, 6) is 0.387. The van der Waals surface area contributed by atoms with Gasteiger partial charge < -0.3 is 9.26 Å². The zero-order valence-electron chi connectivity index (χ0n) is 15.6. The van der Waals surface area contributed by atoms with Crippen molar-refractivity contribution in [3.8, 4) is 0 Å². The van der Waals surface area contributed by atoms with Crippen LogP contribution in [0.4, 0.5) is 5.13 Å². The Morgan fingerprint density at radius 1 is 1.36 bits per heavy atom. The molecule has 0 spiro atoms. The molecule has 1 aliphatic heterocycles. The summed E-state index contributed by atoms with van der Waals surface area (Å²) in [5.41, 5.74) is 1.00. The number of halogens is 1. The number of carbonyl (C=O) groups excluding carboxylic acids is 1. The maximum absolute atomic E-state index is 13.1. The van der Waals surface area contributed by atoms with Crippen molar-refractivity contribution in [1.82, 2.24) is 15.0 Å². The van der Waals surface area contributed by atoms with Crippen LogP contribution in [-0.2, 0) is 4.74 Å². The van der Waals surface area contributed by atoms with Crippen molar-refractivity contribution in [3.63, 3.8) is 0 Å². The third kappa shape index (κ3) is 4.20. The number of fused-ring (bicyclic) bond motifs is 1. The van der Waals surface area contributed by atoms with Crippen LogP contribution in [0.25, 0.3) is 10.2 Å². The summed E-state index contributed by atoms with van der Waals surface area (Å²) in [6.07, 6.45) is 0.826. The van der Waals surface area contributed by atoms with Crippen molar-refractivity contribution in [1.29, 1.82) is 0 Å². The van der Waals surface area contributed by atoms with Crippen LogP contribution in [0.15, 0.2) is 28.8 Å². The van der Waals surface area contributed by atoms with E-state index in [4.69, 9.17) is 20.9 Å². The smallest absolute Gasteiger partial charge is 0.282 e. The van der Waals surface area contributed by atoms with Gasteiger partial charge in [-0.3, -0.25) is 14.6 Å². The van der Waals surface area contributed by atoms with Gasteiger partial charge in [0.05, 0.1) is 22.9 Å². The molecule has 7 nitrogen and oxygen atoms in total. The molecule has 0 radical (unpaired) electrons. The Kier molecular flexibility index (Phi) is 5.91. The number of hydrogen-bond acceptors (Lipinski definition) is 7. The summed E-state index contributed by atoms with van der Waals surface area (Å²) < 4.78 is 11.4. The van der Waals surface area contributed by atoms with Crippen molar-refractivity contribution < 1.29 is 14.1 Å². The Hall–Kier alpha value is -2.00. The van der Waals surface area contributed by atoms with Crippen LogP contribution < -0.4 is 4.90 Å². The van der Waals surface area contributed by atoms with Gasteiger partial charge in [-0.2, -0.15) is 0 Å². The Balaban J connectivity index is 1.56. The predicted octanol–water partition coefficient (Wildman–Crippen LogP) is 3.62. The van der Waals surface area contributed by atoms with E-state index in [2.05, 4.69) is 15.0 Å². The van der Waals surface area contributed by atoms with Crippen molar-refractivity contribution >= 4 is 44.2 Å². The Morgan fingerprint density at radius 3 is 2.89 bits per heavy atom. The molecule has 2 aromatic heterocycles. The highest BCUT2D eigenvalue weighted by Gasteiger charge is 2.24. The molecule has 0 N–H and O–H groups in total. The van der Waals surface area contributed by atoms with E-state index in [1.54, 1.807) is 24.0 Å². The van der Waals surface area contributed by atoms with E-state index in [0.717, 1.165) is 44.0 Å². The van der Waals surface area contributed by atoms with E-state index in [1.807, 2.05) is 12.1 Å². The Labute approximate surface area is 171 Å². The van der Waals surface area contributed by atoms with Crippen LogP contribution in [0.2, 0.25) is 5.02 Å². The second-order valence-electron chi connectivity index (χ2n) is 6.67. The summed E-state index contributed by atoms with van der Waals surface area (Å²) >= 11 is 7.73. The number of aryl methyl sites for hydroxylation is 1. The van der Waals surface area contributed by atoms with Crippen molar-refractivity contribution in [2.75, 3.05) is 44.3 Å². The summed E-state index contributed by atoms with van der Waals surface area (Å²) in [5, 5.41) is 5.09. The van der Waals surface area contributed by atoms with Gasteiger partial charge in [0.1, 0.15) is 11.3 Å². The van der Waals surface area contributed by atoms with Crippen LogP contribution in [0.3, 0.4) is 0 Å². The van der Waals surface area contributed by atoms with Crippen molar-refractivity contribution in [3.05, 3.63) is 40.7 Å². The lowest BCUT2D eigenvalue weighted by molar-refractivity contribution is 0.0376. The topological polar surface area (TPSA) is 71.7 Å². The van der Waals surface area contributed by atoms with Gasteiger partial charge in [0.15, 0.2) is 10.8 Å². The minimum Gasteiger partial charge on any atom is -0.379 e. The third-order valence-corrected chi connectivity index (χ3v) is 5.99. The average molecular weight is 421 g/mol. The Morgan fingerprint density at radius 2 is 2.18 bits per heavy atom. The molecule has 1 amide bonds. The molecule has 1 saturated heterocycles. The average Bonchev–Trinajstić information content (AvgIpc) is 3.33. The zero-order valence-corrected chi connectivity index (χ0v) is 17.1. The number of carbonyl (C=O) groups is 1. The zero-order chi connectivity index (χ0) is 19.5. The fourth-order valence-corrected chi connectivity index (χ4v) is 4.48. The van der Waals surface area contributed by atoms with E-state index in [-0.39, 0.29) is 11.6 Å². The van der Waals surface area contributed by atoms with Gasteiger partial charge in [0, 0.05) is 32.2 Å². The van der Waals surface area contributed by atoms with E-state index in [0.29, 0.717) is 28.0 Å². The number of amides is 1. The first-order valence-corrected chi connectivity index (χ1v) is 10.4. The SMILES string of the molecule is Cc1cc(C(=O)N(CCCN2CCOCC2)c2nc3c(Cl)cccc3s2)no1. The monoisotopic (exact) mass is 420 g/mol. The lowest BCUT2D eigenvalue weighted by Gasteiger charge is -2.27. The number of ether oxygens (including phenoxy) is 1. The summed E-state index contributed by atoms with van der Waals surface area (Å²) in [4.78, 5) is 21.8. The number of rotatable bonds is 6. The molecule has 0 bridgehead atoms. The van der Waals surface area contributed by atoms with Crippen LogP contribution >= 0.6 is 22.9 Å². The largest absolute Gasteiger partial charge is 0.379 e. The standard InChI is InChI=1S/C19H21ClN4O3S/c1-13-12-15(22-27-13)18(25)24(7-3-6-23-8-10-26-11-9-23)19-21-17-14(20)4-2-5-16(17)28-19/h2,4-5,12H,3,6-11H2,1H3. The number of aromatic nitrogens is 2. The number of benzene rings is 1. The lowest BCUT2D eigenvalue weighted by atomic mass is 10.3. The molecule has 1 fully saturated rings. The van der Waals surface area contributed by atoms with Crippen molar-refractivity contribution in [2.24, 2.45) is 0 Å². The highest BCUT2D eigenvalue weighted by atomic mass is 35.5. The molecule has 4 rings (SSSR count). The number of hydrogen-bond donors (Lipinski definition) is 0. The fourth-order valence-electron chi connectivity index (χ4n) is 3.19. The Bertz CT molecular complexity index is 967. The maximum Gasteiger partial charge on any atom is 0.282 e. The first kappa shape index (κ1) is 19.3. The maximum atomic E-state index is 13.1. The highest BCUT2D eigenvalue weighted by molar-refractivity contribution is 7.22. The number of nitrogens with zero attached hydrogens (tertiary/aromatic N) is 4. The van der Waals surface area contributed by atoms with Gasteiger partial charge in [0.2, 0.25) is 0 Å². The van der Waals surface area contributed by atoms with E-state index in [1.165, 1.54) is 11.3 Å². The van der Waals surface area contributed by atoms with Gasteiger partial charge in [-0.15, -0.1) is 0 Å². The lowest BCUT2D eigenvalue weighted by Crippen LogP contribution is -2.39. The summed E-state index contributed by atoms with van der Waals surface area (Å²) in [7, 11) is 0. The second kappa shape index (κ2) is 8.57. The molecule has 148 valence electrons. The molecule has 0 unspecified atom stereocenters. The molecular formula is C19H21ClN4O3S. The van der Waals surface area contributed by atoms with Gasteiger partial charge in [-0.25, -0.2) is 4.98 Å². The second-order valence-corrected chi connectivity index (χ2v) is 8.09. The molecular weight excluding hydrogens is 400 g/mol. The first-order chi connectivity index (χ1) is 13.6. The number of morpholine rings is 1. The van der Waals surface area contributed by atoms with E-state index < -0.39 is 0 Å². The molecule has 9 heteroatoms. The predicted molar refractivity (Wildman–Crippen MR) is 109 cm³/mol. The molecule has 3 aromatic rings. The van der Waals surface area contributed by atoms with Crippen molar-refractivity contribution in [2.45, 2.75) is 13.3 Å². The number of para-hydroxylation sites is 1. The normalized spacial score (nSPS) is 15.2. The molecule has 0 saturated carbocycles. The third-order valence-electron chi connectivity index (χ3n) is 4.64. The van der Waals surface area contributed by atoms with Gasteiger partial charge in [-0.1, -0.05) is 34.2 Å². The van der Waals surface area contributed by atoms with Crippen LogP contribution in [-0.4, -0.2) is 60.3 Å². The molecule has 28 heavy (non-hydrogen) atoms. The van der Waals surface area contributed by atoms with Gasteiger partial charge in [0.25, 0.3) is 5.91 Å². The summed E-state index contributed by atoms with van der Waals surface area (Å²) in [6, 6.07) is 7.30. The number of thiazole rings is 1.